The Morgan fingerprint density at radius 3 is 2.48 bits per heavy atom. The Bertz CT molecular complexity index is 850. The summed E-state index contributed by atoms with van der Waals surface area (Å²) in [6.45, 7) is 2.90. The largest absolute Gasteiger partial charge is 0.341 e. The molecule has 0 fully saturated rings. The maximum Gasteiger partial charge on any atom is 0.256 e. The molecule has 3 aromatic rings. The molecule has 4 nitrogen and oxygen atoms in total. The van der Waals surface area contributed by atoms with Crippen molar-refractivity contribution in [2.24, 2.45) is 0 Å². The number of rotatable bonds is 5. The van der Waals surface area contributed by atoms with Gasteiger partial charge in [-0.1, -0.05) is 35.9 Å². The van der Waals surface area contributed by atoms with E-state index in [0.29, 0.717) is 16.4 Å². The minimum atomic E-state index is -0.238. The van der Waals surface area contributed by atoms with Crippen LogP contribution in [0.1, 0.15) is 17.3 Å². The number of nitrogens with one attached hydrogen (secondary N) is 1. The second-order valence-electron chi connectivity index (χ2n) is 5.45. The van der Waals surface area contributed by atoms with Crippen LogP contribution < -0.4 is 10.2 Å². The van der Waals surface area contributed by atoms with Gasteiger partial charge in [-0.2, -0.15) is 0 Å². The molecule has 0 saturated carbocycles. The first-order valence-electron chi connectivity index (χ1n) is 8.03. The summed E-state index contributed by atoms with van der Waals surface area (Å²) >= 11 is 5.92. The minimum Gasteiger partial charge on any atom is -0.341 e. The number of carbonyl (C=O) groups excluding carboxylic acids is 1. The van der Waals surface area contributed by atoms with Gasteiger partial charge in [-0.3, -0.25) is 4.79 Å². The predicted octanol–water partition coefficient (Wildman–Crippen LogP) is 5.15. The highest BCUT2D eigenvalue weighted by Crippen LogP contribution is 2.24. The molecule has 2 aromatic carbocycles. The molecule has 0 unspecified atom stereocenters. The van der Waals surface area contributed by atoms with Crippen LogP contribution in [0.2, 0.25) is 5.02 Å². The van der Waals surface area contributed by atoms with Gasteiger partial charge in [0.1, 0.15) is 5.82 Å². The van der Waals surface area contributed by atoms with E-state index in [4.69, 9.17) is 11.6 Å². The van der Waals surface area contributed by atoms with E-state index in [2.05, 4.69) is 34.3 Å². The zero-order valence-corrected chi connectivity index (χ0v) is 14.6. The highest BCUT2D eigenvalue weighted by molar-refractivity contribution is 6.31. The van der Waals surface area contributed by atoms with Gasteiger partial charge in [-0.25, -0.2) is 4.98 Å². The Labute approximate surface area is 152 Å². The molecule has 0 radical (unpaired) electrons. The Kier molecular flexibility index (Phi) is 5.31. The van der Waals surface area contributed by atoms with Gasteiger partial charge in [0.15, 0.2) is 0 Å². The van der Waals surface area contributed by atoms with Crippen molar-refractivity contribution in [3.8, 4) is 0 Å². The van der Waals surface area contributed by atoms with Crippen molar-refractivity contribution < 1.29 is 4.79 Å². The molecule has 1 aromatic heterocycles. The van der Waals surface area contributed by atoms with Gasteiger partial charge in [-0.15, -0.1) is 0 Å². The molecule has 1 amide bonds. The van der Waals surface area contributed by atoms with Crippen molar-refractivity contribution >= 4 is 34.7 Å². The van der Waals surface area contributed by atoms with E-state index >= 15 is 0 Å². The Hall–Kier alpha value is -2.85. The summed E-state index contributed by atoms with van der Waals surface area (Å²) in [5.41, 5.74) is 2.56. The number of hydrogen-bond donors (Lipinski definition) is 1. The van der Waals surface area contributed by atoms with Gasteiger partial charge in [0.2, 0.25) is 0 Å². The van der Waals surface area contributed by atoms with E-state index in [-0.39, 0.29) is 5.91 Å². The summed E-state index contributed by atoms with van der Waals surface area (Å²) in [6.07, 6.45) is 1.75. The molecule has 0 aliphatic heterocycles. The second-order valence-corrected chi connectivity index (χ2v) is 5.88. The summed E-state index contributed by atoms with van der Waals surface area (Å²) in [4.78, 5) is 18.7. The summed E-state index contributed by atoms with van der Waals surface area (Å²) in [5, 5.41) is 3.31. The first-order valence-corrected chi connectivity index (χ1v) is 8.40. The van der Waals surface area contributed by atoms with Gasteiger partial charge in [0.25, 0.3) is 5.91 Å². The average molecular weight is 352 g/mol. The van der Waals surface area contributed by atoms with Crippen LogP contribution in [0.4, 0.5) is 17.2 Å². The van der Waals surface area contributed by atoms with Gasteiger partial charge >= 0.3 is 0 Å². The number of anilines is 3. The third kappa shape index (κ3) is 4.17. The molecular formula is C20H18ClN3O. The fraction of sp³-hybridized carbons (Fsp3) is 0.100. The van der Waals surface area contributed by atoms with E-state index in [1.165, 1.54) is 0 Å². The van der Waals surface area contributed by atoms with Gasteiger partial charge in [0.05, 0.1) is 11.9 Å². The number of amides is 1. The van der Waals surface area contributed by atoms with Gasteiger partial charge in [-0.05, 0) is 49.4 Å². The van der Waals surface area contributed by atoms with E-state index < -0.39 is 0 Å². The van der Waals surface area contributed by atoms with Crippen LogP contribution in [-0.4, -0.2) is 17.4 Å². The summed E-state index contributed by atoms with van der Waals surface area (Å²) in [7, 11) is 0. The van der Waals surface area contributed by atoms with E-state index in [0.717, 1.165) is 17.9 Å². The Morgan fingerprint density at radius 2 is 1.84 bits per heavy atom. The van der Waals surface area contributed by atoms with Crippen LogP contribution in [-0.2, 0) is 0 Å². The van der Waals surface area contributed by atoms with Crippen molar-refractivity contribution in [1.29, 1.82) is 0 Å². The van der Waals surface area contributed by atoms with Crippen LogP contribution in [0.25, 0.3) is 0 Å². The monoisotopic (exact) mass is 351 g/mol. The normalized spacial score (nSPS) is 10.3. The summed E-state index contributed by atoms with van der Waals surface area (Å²) < 4.78 is 0. The Balaban J connectivity index is 1.75. The lowest BCUT2D eigenvalue weighted by Gasteiger charge is -2.23. The maximum absolute atomic E-state index is 12.2. The fourth-order valence-electron chi connectivity index (χ4n) is 2.56. The average Bonchev–Trinajstić information content (AvgIpc) is 2.64. The Morgan fingerprint density at radius 1 is 1.04 bits per heavy atom. The molecule has 1 N–H and O–H groups in total. The second kappa shape index (κ2) is 7.81. The standard InChI is InChI=1S/C20H18ClN3O/c1-2-24(17-9-4-3-5-10-17)18-11-12-19(22-14-18)23-20(25)15-7-6-8-16(21)13-15/h3-14H,2H2,1H3,(H,22,23,25). The molecule has 126 valence electrons. The van der Waals surface area contributed by atoms with Crippen molar-refractivity contribution in [3.05, 3.63) is 83.5 Å². The van der Waals surface area contributed by atoms with E-state index in [9.17, 15) is 4.79 Å². The van der Waals surface area contributed by atoms with E-state index in [1.807, 2.05) is 24.3 Å². The summed E-state index contributed by atoms with van der Waals surface area (Å²) in [6, 6.07) is 20.7. The number of hydrogen-bond acceptors (Lipinski definition) is 3. The molecule has 0 spiro atoms. The first kappa shape index (κ1) is 17.0. The molecule has 3 rings (SSSR count). The zero-order chi connectivity index (χ0) is 17.6. The number of para-hydroxylation sites is 1. The highest BCUT2D eigenvalue weighted by Gasteiger charge is 2.10. The van der Waals surface area contributed by atoms with Crippen LogP contribution in [0.3, 0.4) is 0 Å². The van der Waals surface area contributed by atoms with Crippen molar-refractivity contribution in [3.63, 3.8) is 0 Å². The zero-order valence-electron chi connectivity index (χ0n) is 13.8. The van der Waals surface area contributed by atoms with Crippen LogP contribution in [0.15, 0.2) is 72.9 Å². The topological polar surface area (TPSA) is 45.2 Å². The minimum absolute atomic E-state index is 0.238. The van der Waals surface area contributed by atoms with Gasteiger partial charge < -0.3 is 10.2 Å². The van der Waals surface area contributed by atoms with Crippen LogP contribution >= 0.6 is 11.6 Å². The molecule has 0 saturated heterocycles. The third-order valence-corrected chi connectivity index (χ3v) is 4.01. The lowest BCUT2D eigenvalue weighted by molar-refractivity contribution is 0.102. The maximum atomic E-state index is 12.2. The van der Waals surface area contributed by atoms with Crippen molar-refractivity contribution in [1.82, 2.24) is 4.98 Å². The SMILES string of the molecule is CCN(c1ccccc1)c1ccc(NC(=O)c2cccc(Cl)c2)nc1. The predicted molar refractivity (Wildman–Crippen MR) is 103 cm³/mol. The lowest BCUT2D eigenvalue weighted by Crippen LogP contribution is -2.17. The molecule has 0 aliphatic rings. The molecule has 25 heavy (non-hydrogen) atoms. The molecular weight excluding hydrogens is 334 g/mol. The fourth-order valence-corrected chi connectivity index (χ4v) is 2.75. The molecule has 0 aliphatic carbocycles. The van der Waals surface area contributed by atoms with E-state index in [1.54, 1.807) is 36.5 Å². The van der Waals surface area contributed by atoms with Gasteiger partial charge in [0, 0.05) is 22.8 Å². The molecule has 1 heterocycles. The lowest BCUT2D eigenvalue weighted by atomic mass is 10.2. The smallest absolute Gasteiger partial charge is 0.256 e. The quantitative estimate of drug-likeness (QED) is 0.691. The third-order valence-electron chi connectivity index (χ3n) is 3.77. The number of benzene rings is 2. The first-order chi connectivity index (χ1) is 12.2. The van der Waals surface area contributed by atoms with Crippen LogP contribution in [0.5, 0.6) is 0 Å². The number of pyridine rings is 1. The molecule has 0 atom stereocenters. The molecule has 5 heteroatoms. The van der Waals surface area contributed by atoms with Crippen LogP contribution in [0, 0.1) is 0 Å². The number of halogens is 1. The number of nitrogens with zero attached hydrogens (tertiary/aromatic N) is 2. The summed E-state index contributed by atoms with van der Waals surface area (Å²) in [5.74, 6) is 0.260. The number of carbonyl (C=O) groups is 1. The number of aromatic nitrogens is 1. The highest BCUT2D eigenvalue weighted by atomic mass is 35.5. The van der Waals surface area contributed by atoms with Crippen molar-refractivity contribution in [2.45, 2.75) is 6.92 Å². The molecule has 0 bridgehead atoms. The van der Waals surface area contributed by atoms with Crippen molar-refractivity contribution in [2.75, 3.05) is 16.8 Å².